The Hall–Kier alpha value is -0.770. The highest BCUT2D eigenvalue weighted by Crippen LogP contribution is 1.61. The summed E-state index contributed by atoms with van der Waals surface area (Å²) in [6.07, 6.45) is 0. The molecule has 0 unspecified atom stereocenters. The van der Waals surface area contributed by atoms with Crippen molar-refractivity contribution < 1.29 is 9.90 Å². The van der Waals surface area contributed by atoms with Crippen molar-refractivity contribution in [1.82, 2.24) is 10.6 Å². The third-order valence-electron chi connectivity index (χ3n) is 0.735. The Labute approximate surface area is 54.3 Å². The number of hydrogen-bond acceptors (Lipinski definition) is 2. The summed E-state index contributed by atoms with van der Waals surface area (Å²) in [5.74, 6) is 0. The lowest BCUT2D eigenvalue weighted by molar-refractivity contribution is 0.235. The zero-order valence-electron chi connectivity index (χ0n) is 5.48. The van der Waals surface area contributed by atoms with Crippen LogP contribution in [0.5, 0.6) is 0 Å². The van der Waals surface area contributed by atoms with Crippen LogP contribution in [0.25, 0.3) is 0 Å². The van der Waals surface area contributed by atoms with Crippen LogP contribution < -0.4 is 10.6 Å². The summed E-state index contributed by atoms with van der Waals surface area (Å²) < 4.78 is 0. The van der Waals surface area contributed by atoms with Gasteiger partial charge in [0.1, 0.15) is 0 Å². The van der Waals surface area contributed by atoms with E-state index in [9.17, 15) is 4.79 Å². The largest absolute Gasteiger partial charge is 0.395 e. The van der Waals surface area contributed by atoms with Gasteiger partial charge in [0, 0.05) is 13.1 Å². The number of aliphatic hydroxyl groups is 1. The van der Waals surface area contributed by atoms with E-state index in [-0.39, 0.29) is 12.6 Å². The Morgan fingerprint density at radius 3 is 2.67 bits per heavy atom. The number of rotatable bonds is 3. The van der Waals surface area contributed by atoms with Crippen molar-refractivity contribution >= 4 is 6.03 Å². The molecule has 0 aromatic carbocycles. The zero-order valence-corrected chi connectivity index (χ0v) is 5.48. The molecule has 4 heteroatoms. The summed E-state index contributed by atoms with van der Waals surface area (Å²) >= 11 is 0. The van der Waals surface area contributed by atoms with Crippen molar-refractivity contribution in [2.45, 2.75) is 6.92 Å². The topological polar surface area (TPSA) is 61.4 Å². The molecular weight excluding hydrogens is 120 g/mol. The molecule has 0 aliphatic rings. The molecule has 0 spiro atoms. The molecule has 0 aliphatic carbocycles. The molecule has 2 amide bonds. The molecule has 4 nitrogen and oxygen atoms in total. The molecule has 0 radical (unpaired) electrons. The Balaban J connectivity index is 3.06. The average molecular weight is 132 g/mol. The van der Waals surface area contributed by atoms with Crippen LogP contribution in [0.3, 0.4) is 0 Å². The number of nitrogens with one attached hydrogen (secondary N) is 2. The number of amides is 2. The minimum Gasteiger partial charge on any atom is -0.395 e. The smallest absolute Gasteiger partial charge is 0.314 e. The van der Waals surface area contributed by atoms with Crippen molar-refractivity contribution in [2.75, 3.05) is 19.7 Å². The van der Waals surface area contributed by atoms with E-state index in [0.717, 1.165) is 0 Å². The summed E-state index contributed by atoms with van der Waals surface area (Å²) in [6, 6.07) is -0.230. The van der Waals surface area contributed by atoms with Gasteiger partial charge in [0.15, 0.2) is 0 Å². The van der Waals surface area contributed by atoms with Gasteiger partial charge in [-0.2, -0.15) is 0 Å². The van der Waals surface area contributed by atoms with Crippen LogP contribution in [-0.4, -0.2) is 30.8 Å². The normalized spacial score (nSPS) is 8.67. The quantitative estimate of drug-likeness (QED) is 0.475. The maximum absolute atomic E-state index is 10.5. The molecule has 0 aromatic heterocycles. The van der Waals surface area contributed by atoms with Gasteiger partial charge in [-0.25, -0.2) is 4.79 Å². The molecule has 0 heterocycles. The van der Waals surface area contributed by atoms with Crippen LogP contribution in [0.1, 0.15) is 6.92 Å². The predicted octanol–water partition coefficient (Wildman–Crippen LogP) is -0.702. The summed E-state index contributed by atoms with van der Waals surface area (Å²) in [6.45, 7) is 2.73. The first kappa shape index (κ1) is 8.23. The predicted molar refractivity (Wildman–Crippen MR) is 34.2 cm³/mol. The second-order valence-corrected chi connectivity index (χ2v) is 1.51. The van der Waals surface area contributed by atoms with Crippen LogP contribution in [0, 0.1) is 0 Å². The molecular formula is C5H12N2O2. The van der Waals surface area contributed by atoms with Crippen molar-refractivity contribution in [1.29, 1.82) is 0 Å². The summed E-state index contributed by atoms with van der Waals surface area (Å²) in [4.78, 5) is 10.5. The minimum atomic E-state index is -0.230. The molecule has 0 aromatic rings. The monoisotopic (exact) mass is 132 g/mol. The zero-order chi connectivity index (χ0) is 7.11. The van der Waals surface area contributed by atoms with Gasteiger partial charge in [0.05, 0.1) is 6.61 Å². The lowest BCUT2D eigenvalue weighted by atomic mass is 10.6. The molecule has 54 valence electrons. The average Bonchev–Trinajstić information content (AvgIpc) is 1.85. The fourth-order valence-corrected chi connectivity index (χ4v) is 0.392. The lowest BCUT2D eigenvalue weighted by Crippen LogP contribution is -2.36. The van der Waals surface area contributed by atoms with E-state index >= 15 is 0 Å². The molecule has 0 bridgehead atoms. The third-order valence-corrected chi connectivity index (χ3v) is 0.735. The first-order valence-corrected chi connectivity index (χ1v) is 2.93. The molecule has 0 saturated heterocycles. The Morgan fingerprint density at radius 2 is 2.22 bits per heavy atom. The highest BCUT2D eigenvalue weighted by atomic mass is 16.3. The van der Waals surface area contributed by atoms with Crippen molar-refractivity contribution in [2.24, 2.45) is 0 Å². The molecule has 0 aliphatic heterocycles. The lowest BCUT2D eigenvalue weighted by Gasteiger charge is -2.01. The van der Waals surface area contributed by atoms with E-state index in [1.807, 2.05) is 6.92 Å². The molecule has 0 atom stereocenters. The fourth-order valence-electron chi connectivity index (χ4n) is 0.392. The first-order valence-electron chi connectivity index (χ1n) is 2.93. The van der Waals surface area contributed by atoms with E-state index in [1.54, 1.807) is 0 Å². The van der Waals surface area contributed by atoms with Crippen LogP contribution in [0.4, 0.5) is 4.79 Å². The summed E-state index contributed by atoms with van der Waals surface area (Å²) in [5, 5.41) is 13.2. The Kier molecular flexibility index (Phi) is 4.91. The third kappa shape index (κ3) is 5.10. The number of carbonyl (C=O) groups excluding carboxylic acids is 1. The van der Waals surface area contributed by atoms with Crippen molar-refractivity contribution in [3.8, 4) is 0 Å². The number of urea groups is 1. The molecule has 0 rings (SSSR count). The maximum Gasteiger partial charge on any atom is 0.314 e. The highest BCUT2D eigenvalue weighted by molar-refractivity contribution is 5.73. The second-order valence-electron chi connectivity index (χ2n) is 1.51. The van der Waals surface area contributed by atoms with Crippen LogP contribution in [-0.2, 0) is 0 Å². The SMILES string of the molecule is CCNC(=O)NCCO. The maximum atomic E-state index is 10.5. The van der Waals surface area contributed by atoms with Crippen LogP contribution >= 0.6 is 0 Å². The van der Waals surface area contributed by atoms with E-state index < -0.39 is 0 Å². The van der Waals surface area contributed by atoms with Crippen molar-refractivity contribution in [3.05, 3.63) is 0 Å². The summed E-state index contributed by atoms with van der Waals surface area (Å²) in [7, 11) is 0. The van der Waals surface area contributed by atoms with Gasteiger partial charge < -0.3 is 15.7 Å². The van der Waals surface area contributed by atoms with Gasteiger partial charge in [0.25, 0.3) is 0 Å². The number of carbonyl (C=O) groups is 1. The molecule has 9 heavy (non-hydrogen) atoms. The standard InChI is InChI=1S/C5H12N2O2/c1-2-6-5(9)7-3-4-8/h8H,2-4H2,1H3,(H2,6,7,9). The number of hydrogen-bond donors (Lipinski definition) is 3. The number of aliphatic hydroxyl groups excluding tert-OH is 1. The molecule has 0 fully saturated rings. The second kappa shape index (κ2) is 5.37. The van der Waals surface area contributed by atoms with Gasteiger partial charge >= 0.3 is 6.03 Å². The van der Waals surface area contributed by atoms with Gasteiger partial charge in [-0.1, -0.05) is 0 Å². The van der Waals surface area contributed by atoms with Crippen LogP contribution in [0.2, 0.25) is 0 Å². The van der Waals surface area contributed by atoms with E-state index in [2.05, 4.69) is 10.6 Å². The van der Waals surface area contributed by atoms with Gasteiger partial charge in [0.2, 0.25) is 0 Å². The minimum absolute atomic E-state index is 0.0167. The highest BCUT2D eigenvalue weighted by Gasteiger charge is 1.92. The van der Waals surface area contributed by atoms with E-state index in [0.29, 0.717) is 13.1 Å². The van der Waals surface area contributed by atoms with Crippen LogP contribution in [0.15, 0.2) is 0 Å². The van der Waals surface area contributed by atoms with Crippen molar-refractivity contribution in [3.63, 3.8) is 0 Å². The molecule has 0 saturated carbocycles. The summed E-state index contributed by atoms with van der Waals surface area (Å²) in [5.41, 5.74) is 0. The first-order chi connectivity index (χ1) is 4.31. The van der Waals surface area contributed by atoms with E-state index in [1.165, 1.54) is 0 Å². The Bertz CT molecular complexity index is 85.0. The van der Waals surface area contributed by atoms with Gasteiger partial charge in [-0.15, -0.1) is 0 Å². The van der Waals surface area contributed by atoms with E-state index in [4.69, 9.17) is 5.11 Å². The Morgan fingerprint density at radius 1 is 1.56 bits per heavy atom. The van der Waals surface area contributed by atoms with Gasteiger partial charge in [-0.3, -0.25) is 0 Å². The molecule has 3 N–H and O–H groups in total. The fraction of sp³-hybridized carbons (Fsp3) is 0.800. The van der Waals surface area contributed by atoms with Gasteiger partial charge in [-0.05, 0) is 6.92 Å².